The molecule has 1 aromatic rings. The largest absolute Gasteiger partial charge is 0.481 e. The molecule has 0 atom stereocenters. The second-order valence-corrected chi connectivity index (χ2v) is 4.22. The molecule has 2 rings (SSSR count). The number of carboxylic acids is 1. The minimum atomic E-state index is -0.932. The van der Waals surface area contributed by atoms with Gasteiger partial charge in [-0.1, -0.05) is 24.3 Å². The number of nitrogens with zero attached hydrogens (tertiary/aromatic N) is 1. The van der Waals surface area contributed by atoms with E-state index < -0.39 is 5.97 Å². The second-order valence-electron chi connectivity index (χ2n) is 4.22. The molecule has 0 aliphatic carbocycles. The van der Waals surface area contributed by atoms with E-state index in [0.717, 1.165) is 18.5 Å². The van der Waals surface area contributed by atoms with Gasteiger partial charge in [-0.05, 0) is 24.5 Å². The summed E-state index contributed by atoms with van der Waals surface area (Å²) in [5.41, 5.74) is 2.11. The van der Waals surface area contributed by atoms with Crippen molar-refractivity contribution in [2.24, 2.45) is 0 Å². The van der Waals surface area contributed by atoms with Gasteiger partial charge < -0.3 is 10.0 Å². The van der Waals surface area contributed by atoms with Gasteiger partial charge in [-0.25, -0.2) is 0 Å². The molecule has 0 fully saturated rings. The highest BCUT2D eigenvalue weighted by Crippen LogP contribution is 2.26. The Hall–Kier alpha value is -2.10. The Kier molecular flexibility index (Phi) is 3.77. The molecule has 0 aromatic heterocycles. The zero-order valence-corrected chi connectivity index (χ0v) is 10.0. The quantitative estimate of drug-likeness (QED) is 0.828. The minimum absolute atomic E-state index is 0.124. The fraction of sp³-hybridized carbons (Fsp3) is 0.286. The first-order valence-corrected chi connectivity index (χ1v) is 5.96. The van der Waals surface area contributed by atoms with Crippen molar-refractivity contribution in [2.45, 2.75) is 19.3 Å². The zero-order chi connectivity index (χ0) is 13.0. The lowest BCUT2D eigenvalue weighted by Gasteiger charge is -2.28. The van der Waals surface area contributed by atoms with Crippen LogP contribution < -0.4 is 4.90 Å². The summed E-state index contributed by atoms with van der Waals surface area (Å²) in [4.78, 5) is 24.1. The van der Waals surface area contributed by atoms with Gasteiger partial charge in [0.05, 0.1) is 6.42 Å². The van der Waals surface area contributed by atoms with Crippen molar-refractivity contribution >= 4 is 17.6 Å². The summed E-state index contributed by atoms with van der Waals surface area (Å²) >= 11 is 0. The number of carbonyl (C=O) groups is 2. The molecule has 1 aliphatic rings. The molecule has 0 unspecified atom stereocenters. The Morgan fingerprint density at radius 3 is 2.89 bits per heavy atom. The Labute approximate surface area is 106 Å². The van der Waals surface area contributed by atoms with E-state index in [1.807, 2.05) is 24.3 Å². The van der Waals surface area contributed by atoms with E-state index in [9.17, 15) is 9.59 Å². The average molecular weight is 245 g/mol. The van der Waals surface area contributed by atoms with Crippen LogP contribution in [0.5, 0.6) is 0 Å². The lowest BCUT2D eigenvalue weighted by Crippen LogP contribution is -2.34. The van der Waals surface area contributed by atoms with Crippen LogP contribution in [0.4, 0.5) is 5.69 Å². The van der Waals surface area contributed by atoms with Crippen LogP contribution in [0.3, 0.4) is 0 Å². The third-order valence-electron chi connectivity index (χ3n) is 2.93. The summed E-state index contributed by atoms with van der Waals surface area (Å²) in [5.74, 6) is -1.08. The van der Waals surface area contributed by atoms with E-state index >= 15 is 0 Å². The zero-order valence-electron chi connectivity index (χ0n) is 10.0. The Morgan fingerprint density at radius 1 is 1.33 bits per heavy atom. The maximum atomic E-state index is 12.0. The number of carboxylic acid groups (broad SMARTS) is 1. The SMILES string of the molecule is O=C(O)C/C=C/C(=O)N1CCCc2ccccc21. The summed E-state index contributed by atoms with van der Waals surface area (Å²) in [6.45, 7) is 0.688. The van der Waals surface area contributed by atoms with Crippen LogP contribution in [0.15, 0.2) is 36.4 Å². The molecule has 1 N–H and O–H groups in total. The Bertz CT molecular complexity index is 494. The summed E-state index contributed by atoms with van der Waals surface area (Å²) in [7, 11) is 0. The summed E-state index contributed by atoms with van der Waals surface area (Å²) < 4.78 is 0. The van der Waals surface area contributed by atoms with Gasteiger partial charge in [-0.15, -0.1) is 0 Å². The third kappa shape index (κ3) is 2.77. The molecule has 1 aliphatic heterocycles. The predicted octanol–water partition coefficient (Wildman–Crippen LogP) is 2.00. The number of para-hydroxylation sites is 1. The van der Waals surface area contributed by atoms with Crippen molar-refractivity contribution in [1.82, 2.24) is 0 Å². The lowest BCUT2D eigenvalue weighted by molar-refractivity contribution is -0.135. The van der Waals surface area contributed by atoms with Gasteiger partial charge in [0.15, 0.2) is 0 Å². The molecule has 18 heavy (non-hydrogen) atoms. The molecule has 1 amide bonds. The molecule has 94 valence electrons. The van der Waals surface area contributed by atoms with Crippen molar-refractivity contribution in [1.29, 1.82) is 0 Å². The maximum absolute atomic E-state index is 12.0. The van der Waals surface area contributed by atoms with Crippen LogP contribution in [0.1, 0.15) is 18.4 Å². The Morgan fingerprint density at radius 2 is 2.11 bits per heavy atom. The van der Waals surface area contributed by atoms with Crippen LogP contribution in [0, 0.1) is 0 Å². The monoisotopic (exact) mass is 245 g/mol. The van der Waals surface area contributed by atoms with Gasteiger partial charge in [-0.3, -0.25) is 9.59 Å². The van der Waals surface area contributed by atoms with E-state index in [0.29, 0.717) is 6.54 Å². The van der Waals surface area contributed by atoms with Crippen molar-refractivity contribution < 1.29 is 14.7 Å². The second kappa shape index (κ2) is 5.49. The number of hydrogen-bond donors (Lipinski definition) is 1. The maximum Gasteiger partial charge on any atom is 0.307 e. The van der Waals surface area contributed by atoms with Crippen molar-refractivity contribution in [3.8, 4) is 0 Å². The number of carbonyl (C=O) groups excluding carboxylic acids is 1. The summed E-state index contributed by atoms with van der Waals surface area (Å²) in [6, 6.07) is 7.83. The molecule has 1 heterocycles. The lowest BCUT2D eigenvalue weighted by atomic mass is 10.0. The first-order chi connectivity index (χ1) is 8.68. The molecule has 0 bridgehead atoms. The smallest absolute Gasteiger partial charge is 0.307 e. The van der Waals surface area contributed by atoms with E-state index in [-0.39, 0.29) is 12.3 Å². The van der Waals surface area contributed by atoms with Gasteiger partial charge in [0.1, 0.15) is 0 Å². The summed E-state index contributed by atoms with van der Waals surface area (Å²) in [5, 5.41) is 8.52. The molecular weight excluding hydrogens is 230 g/mol. The first kappa shape index (κ1) is 12.4. The molecule has 0 radical (unpaired) electrons. The number of rotatable bonds is 3. The van der Waals surface area contributed by atoms with Crippen LogP contribution >= 0.6 is 0 Å². The molecule has 4 heteroatoms. The standard InChI is InChI=1S/C14H15NO3/c16-13(8-3-9-14(17)18)15-10-4-6-11-5-1-2-7-12(11)15/h1-3,5,7-8H,4,6,9-10H2,(H,17,18)/b8-3+. The topological polar surface area (TPSA) is 57.6 Å². The fourth-order valence-electron chi connectivity index (χ4n) is 2.11. The van der Waals surface area contributed by atoms with Crippen molar-refractivity contribution in [3.63, 3.8) is 0 Å². The molecule has 0 saturated heterocycles. The third-order valence-corrected chi connectivity index (χ3v) is 2.93. The minimum Gasteiger partial charge on any atom is -0.481 e. The van der Waals surface area contributed by atoms with E-state index in [4.69, 9.17) is 5.11 Å². The van der Waals surface area contributed by atoms with E-state index in [2.05, 4.69) is 0 Å². The number of aryl methyl sites for hydroxylation is 1. The van der Waals surface area contributed by atoms with Crippen LogP contribution in [-0.4, -0.2) is 23.5 Å². The first-order valence-electron chi connectivity index (χ1n) is 5.96. The van der Waals surface area contributed by atoms with E-state index in [1.165, 1.54) is 17.7 Å². The predicted molar refractivity (Wildman–Crippen MR) is 68.5 cm³/mol. The highest BCUT2D eigenvalue weighted by Gasteiger charge is 2.20. The number of amides is 1. The van der Waals surface area contributed by atoms with Crippen LogP contribution in [-0.2, 0) is 16.0 Å². The summed E-state index contributed by atoms with van der Waals surface area (Å²) in [6.07, 6.45) is 4.54. The molecule has 1 aromatic carbocycles. The van der Waals surface area contributed by atoms with Crippen LogP contribution in [0.25, 0.3) is 0 Å². The normalized spacial score (nSPS) is 14.6. The number of benzene rings is 1. The number of anilines is 1. The Balaban J connectivity index is 2.13. The fourth-order valence-corrected chi connectivity index (χ4v) is 2.11. The molecule has 4 nitrogen and oxygen atoms in total. The van der Waals surface area contributed by atoms with Gasteiger partial charge >= 0.3 is 5.97 Å². The number of aliphatic carboxylic acids is 1. The molecule has 0 saturated carbocycles. The van der Waals surface area contributed by atoms with Crippen molar-refractivity contribution in [3.05, 3.63) is 42.0 Å². The van der Waals surface area contributed by atoms with Gasteiger partial charge in [0.25, 0.3) is 5.91 Å². The van der Waals surface area contributed by atoms with Crippen LogP contribution in [0.2, 0.25) is 0 Å². The van der Waals surface area contributed by atoms with Gasteiger partial charge in [0, 0.05) is 18.3 Å². The van der Waals surface area contributed by atoms with Crippen molar-refractivity contribution in [2.75, 3.05) is 11.4 Å². The highest BCUT2D eigenvalue weighted by molar-refractivity contribution is 6.02. The van der Waals surface area contributed by atoms with Gasteiger partial charge in [-0.2, -0.15) is 0 Å². The van der Waals surface area contributed by atoms with E-state index in [1.54, 1.807) is 4.90 Å². The number of fused-ring (bicyclic) bond motifs is 1. The average Bonchev–Trinajstić information content (AvgIpc) is 2.37. The highest BCUT2D eigenvalue weighted by atomic mass is 16.4. The molecular formula is C14H15NO3. The molecule has 0 spiro atoms. The van der Waals surface area contributed by atoms with Gasteiger partial charge in [0.2, 0.25) is 0 Å². The number of hydrogen-bond acceptors (Lipinski definition) is 2.